The molecule has 0 amide bonds. The maximum atomic E-state index is 8.65. The van der Waals surface area contributed by atoms with E-state index in [4.69, 9.17) is 15.6 Å². The summed E-state index contributed by atoms with van der Waals surface area (Å²) in [4.78, 5) is 0. The van der Waals surface area contributed by atoms with Crippen LogP contribution in [0.5, 0.6) is 0 Å². The van der Waals surface area contributed by atoms with Crippen molar-refractivity contribution in [1.82, 2.24) is 0 Å². The molecule has 1 aliphatic heterocycles. The molecule has 0 saturated carbocycles. The molecule has 3 nitrogen and oxygen atoms in total. The largest absolute Gasteiger partial charge is 0.395 e. The summed E-state index contributed by atoms with van der Waals surface area (Å²) in [5, 5.41) is 8.65. The summed E-state index contributed by atoms with van der Waals surface area (Å²) in [5.74, 6) is 0. The van der Waals surface area contributed by atoms with Crippen LogP contribution in [0.25, 0.3) is 0 Å². The minimum Gasteiger partial charge on any atom is -0.395 e. The van der Waals surface area contributed by atoms with Crippen LogP contribution in [0.15, 0.2) is 0 Å². The maximum Gasteiger partial charge on any atom is 0.0589 e. The Morgan fingerprint density at radius 3 is 2.44 bits per heavy atom. The molecule has 9 heavy (non-hydrogen) atoms. The second-order valence-corrected chi connectivity index (χ2v) is 2.94. The second-order valence-electron chi connectivity index (χ2n) is 2.94. The Balaban J connectivity index is 2.38. The summed E-state index contributed by atoms with van der Waals surface area (Å²) >= 11 is 0. The van der Waals surface area contributed by atoms with Gasteiger partial charge >= 0.3 is 0 Å². The molecule has 1 saturated heterocycles. The van der Waals surface area contributed by atoms with Gasteiger partial charge in [-0.25, -0.2) is 0 Å². The Morgan fingerprint density at radius 1 is 1.78 bits per heavy atom. The van der Waals surface area contributed by atoms with Crippen LogP contribution in [0.2, 0.25) is 0 Å². The minimum absolute atomic E-state index is 0.0365. The van der Waals surface area contributed by atoms with E-state index in [1.165, 1.54) is 0 Å². The lowest BCUT2D eigenvalue weighted by Gasteiger charge is -2.41. The number of hydrogen-bond acceptors (Lipinski definition) is 3. The predicted octanol–water partition coefficient (Wildman–Crippen LogP) is -0.658. The van der Waals surface area contributed by atoms with Crippen LogP contribution in [0.3, 0.4) is 0 Å². The molecule has 0 radical (unpaired) electrons. The predicted molar refractivity (Wildman–Crippen MR) is 34.0 cm³/mol. The summed E-state index contributed by atoms with van der Waals surface area (Å²) in [6.07, 6.45) is 0. The molecule has 0 aromatic rings. The number of nitrogens with two attached hydrogens (primary N) is 1. The van der Waals surface area contributed by atoms with Gasteiger partial charge in [-0.15, -0.1) is 0 Å². The molecule has 1 heterocycles. The first-order valence-corrected chi connectivity index (χ1v) is 3.13. The molecule has 0 spiro atoms. The van der Waals surface area contributed by atoms with Crippen LogP contribution in [-0.2, 0) is 4.74 Å². The van der Waals surface area contributed by atoms with Crippen molar-refractivity contribution >= 4 is 0 Å². The lowest BCUT2D eigenvalue weighted by Crippen LogP contribution is -2.54. The topological polar surface area (TPSA) is 55.5 Å². The average Bonchev–Trinajstić information content (AvgIpc) is 1.81. The normalized spacial score (nSPS) is 27.0. The van der Waals surface area contributed by atoms with Crippen molar-refractivity contribution in [2.45, 2.75) is 13.0 Å². The quantitative estimate of drug-likeness (QED) is 0.523. The fourth-order valence-corrected chi connectivity index (χ4v) is 0.859. The monoisotopic (exact) mass is 131 g/mol. The molecule has 3 heteroatoms. The summed E-state index contributed by atoms with van der Waals surface area (Å²) in [7, 11) is 0. The van der Waals surface area contributed by atoms with E-state index in [2.05, 4.69) is 0 Å². The molecule has 54 valence electrons. The van der Waals surface area contributed by atoms with E-state index < -0.39 is 0 Å². The van der Waals surface area contributed by atoms with Crippen LogP contribution in [-0.4, -0.2) is 31.0 Å². The standard InChI is InChI=1S/C6H13NO2/c1-6(3-9-4-6)5(7)2-8/h5,8H,2-4,7H2,1H3/t5-/m0/s1. The average molecular weight is 131 g/mol. The van der Waals surface area contributed by atoms with Crippen LogP contribution < -0.4 is 5.73 Å². The summed E-state index contributed by atoms with van der Waals surface area (Å²) in [5.41, 5.74) is 5.62. The zero-order chi connectivity index (χ0) is 6.91. The number of aliphatic hydroxyl groups excluding tert-OH is 1. The number of ether oxygens (including phenoxy) is 1. The highest BCUT2D eigenvalue weighted by Gasteiger charge is 2.38. The van der Waals surface area contributed by atoms with Crippen molar-refractivity contribution < 1.29 is 9.84 Å². The van der Waals surface area contributed by atoms with Gasteiger partial charge in [-0.1, -0.05) is 6.92 Å². The van der Waals surface area contributed by atoms with Crippen molar-refractivity contribution in [3.8, 4) is 0 Å². The zero-order valence-corrected chi connectivity index (χ0v) is 5.63. The third kappa shape index (κ3) is 1.08. The van der Waals surface area contributed by atoms with E-state index in [1.54, 1.807) is 0 Å². The first-order chi connectivity index (χ1) is 4.19. The lowest BCUT2D eigenvalue weighted by molar-refractivity contribution is -0.121. The second kappa shape index (κ2) is 2.25. The van der Waals surface area contributed by atoms with E-state index >= 15 is 0 Å². The highest BCUT2D eigenvalue weighted by molar-refractivity contribution is 4.89. The summed E-state index contributed by atoms with van der Waals surface area (Å²) in [6, 6.07) is -0.119. The molecule has 1 atom stereocenters. The number of aliphatic hydroxyl groups is 1. The van der Waals surface area contributed by atoms with E-state index in [9.17, 15) is 0 Å². The van der Waals surface area contributed by atoms with Gasteiger partial charge in [0.15, 0.2) is 0 Å². The molecule has 0 aromatic carbocycles. The van der Waals surface area contributed by atoms with Gasteiger partial charge in [-0.2, -0.15) is 0 Å². The smallest absolute Gasteiger partial charge is 0.0589 e. The molecule has 1 rings (SSSR count). The summed E-state index contributed by atoms with van der Waals surface area (Å²) in [6.45, 7) is 3.46. The SMILES string of the molecule is CC1([C@@H](N)CO)COC1. The van der Waals surface area contributed by atoms with Gasteiger partial charge in [0, 0.05) is 11.5 Å². The Kier molecular flexibility index (Phi) is 1.75. The minimum atomic E-state index is -0.119. The van der Waals surface area contributed by atoms with Gasteiger partial charge in [0.05, 0.1) is 19.8 Å². The molecule has 0 bridgehead atoms. The fourth-order valence-electron chi connectivity index (χ4n) is 0.859. The first-order valence-electron chi connectivity index (χ1n) is 3.13. The van der Waals surface area contributed by atoms with E-state index in [1.807, 2.05) is 6.92 Å². The molecular weight excluding hydrogens is 118 g/mol. The highest BCUT2D eigenvalue weighted by Crippen LogP contribution is 2.28. The Bertz CT molecular complexity index is 101. The zero-order valence-electron chi connectivity index (χ0n) is 5.63. The van der Waals surface area contributed by atoms with Crippen LogP contribution in [0, 0.1) is 5.41 Å². The van der Waals surface area contributed by atoms with Crippen molar-refractivity contribution in [3.63, 3.8) is 0 Å². The molecule has 1 fully saturated rings. The van der Waals surface area contributed by atoms with Crippen LogP contribution in [0.4, 0.5) is 0 Å². The molecule has 1 aliphatic rings. The van der Waals surface area contributed by atoms with Gasteiger partial charge in [0.25, 0.3) is 0 Å². The number of rotatable bonds is 2. The van der Waals surface area contributed by atoms with Crippen molar-refractivity contribution in [1.29, 1.82) is 0 Å². The van der Waals surface area contributed by atoms with E-state index in [0.29, 0.717) is 13.2 Å². The van der Waals surface area contributed by atoms with Crippen molar-refractivity contribution in [2.75, 3.05) is 19.8 Å². The Hall–Kier alpha value is -0.120. The lowest BCUT2D eigenvalue weighted by atomic mass is 9.81. The van der Waals surface area contributed by atoms with Crippen LogP contribution >= 0.6 is 0 Å². The summed E-state index contributed by atoms with van der Waals surface area (Å²) < 4.78 is 4.97. The van der Waals surface area contributed by atoms with Gasteiger partial charge in [-0.05, 0) is 0 Å². The molecule has 0 unspecified atom stereocenters. The van der Waals surface area contributed by atoms with Gasteiger partial charge in [0.2, 0.25) is 0 Å². The molecular formula is C6H13NO2. The van der Waals surface area contributed by atoms with Gasteiger partial charge in [0.1, 0.15) is 0 Å². The number of hydrogen-bond donors (Lipinski definition) is 2. The Labute approximate surface area is 54.8 Å². The van der Waals surface area contributed by atoms with Gasteiger partial charge in [-0.3, -0.25) is 0 Å². The van der Waals surface area contributed by atoms with Crippen molar-refractivity contribution in [2.24, 2.45) is 11.1 Å². The molecule has 3 N–H and O–H groups in total. The maximum absolute atomic E-state index is 8.65. The van der Waals surface area contributed by atoms with Crippen molar-refractivity contribution in [3.05, 3.63) is 0 Å². The van der Waals surface area contributed by atoms with Gasteiger partial charge < -0.3 is 15.6 Å². The fraction of sp³-hybridized carbons (Fsp3) is 1.00. The molecule has 0 aliphatic carbocycles. The van der Waals surface area contributed by atoms with E-state index in [-0.39, 0.29) is 18.1 Å². The third-order valence-electron chi connectivity index (χ3n) is 1.96. The Morgan fingerprint density at radius 2 is 2.33 bits per heavy atom. The highest BCUT2D eigenvalue weighted by atomic mass is 16.5. The third-order valence-corrected chi connectivity index (χ3v) is 1.96. The van der Waals surface area contributed by atoms with Crippen LogP contribution in [0.1, 0.15) is 6.92 Å². The van der Waals surface area contributed by atoms with E-state index in [0.717, 1.165) is 0 Å². The molecule has 0 aromatic heterocycles. The first kappa shape index (κ1) is 6.99.